The minimum absolute atomic E-state index is 0.490. The molecule has 0 spiro atoms. The van der Waals surface area contributed by atoms with Crippen molar-refractivity contribution in [2.24, 2.45) is 0 Å². The van der Waals surface area contributed by atoms with Gasteiger partial charge in [-0.2, -0.15) is 0 Å². The smallest absolute Gasteiger partial charge is 0.181 e. The number of hydrogen-bond acceptors (Lipinski definition) is 4. The van der Waals surface area contributed by atoms with Crippen LogP contribution in [0.25, 0.3) is 0 Å². The molecule has 0 amide bonds. The van der Waals surface area contributed by atoms with Crippen molar-refractivity contribution in [3.63, 3.8) is 0 Å². The predicted octanol–water partition coefficient (Wildman–Crippen LogP) is 3.40. The summed E-state index contributed by atoms with van der Waals surface area (Å²) in [6.45, 7) is 6.79. The van der Waals surface area contributed by atoms with Gasteiger partial charge >= 0.3 is 0 Å². The Morgan fingerprint density at radius 3 is 2.67 bits per heavy atom. The quantitative estimate of drug-likeness (QED) is 0.820. The molecule has 4 nitrogen and oxygen atoms in total. The van der Waals surface area contributed by atoms with E-state index < -0.39 is 6.29 Å². The van der Waals surface area contributed by atoms with E-state index in [2.05, 4.69) is 33.8 Å². The highest BCUT2D eigenvalue weighted by Crippen LogP contribution is 2.34. The lowest BCUT2D eigenvalue weighted by molar-refractivity contribution is -0.0773. The minimum Gasteiger partial charge on any atom is -0.381 e. The Morgan fingerprint density at radius 1 is 1.43 bits per heavy atom. The molecule has 118 valence electrons. The van der Waals surface area contributed by atoms with Crippen LogP contribution in [0, 0.1) is 6.92 Å². The molecule has 1 unspecified atom stereocenters. The summed E-state index contributed by atoms with van der Waals surface area (Å²) in [6, 6.07) is 4.54. The van der Waals surface area contributed by atoms with Gasteiger partial charge in [0.05, 0.1) is 0 Å². The van der Waals surface area contributed by atoms with E-state index in [1.165, 1.54) is 7.11 Å². The van der Waals surface area contributed by atoms with Crippen molar-refractivity contribution in [2.45, 2.75) is 39.0 Å². The summed E-state index contributed by atoms with van der Waals surface area (Å²) in [5, 5.41) is 10.0. The molecule has 0 aromatic heterocycles. The number of hydrogen-bond donors (Lipinski definition) is 1. The SMILES string of the molecule is CCN(c1cc(Br)cc(C(O)OC)c1C)C1CCOCC1. The number of halogens is 1. The van der Waals surface area contributed by atoms with Crippen molar-refractivity contribution in [3.05, 3.63) is 27.7 Å². The lowest BCUT2D eigenvalue weighted by Crippen LogP contribution is -2.40. The summed E-state index contributed by atoms with van der Waals surface area (Å²) >= 11 is 3.55. The summed E-state index contributed by atoms with van der Waals surface area (Å²) in [6.07, 6.45) is 1.19. The first-order chi connectivity index (χ1) is 10.1. The second-order valence-corrected chi connectivity index (χ2v) is 6.27. The normalized spacial score (nSPS) is 17.8. The van der Waals surface area contributed by atoms with Crippen LogP contribution in [0.5, 0.6) is 0 Å². The molecule has 1 aromatic carbocycles. The Labute approximate surface area is 135 Å². The highest BCUT2D eigenvalue weighted by molar-refractivity contribution is 9.10. The Bertz CT molecular complexity index is 475. The van der Waals surface area contributed by atoms with E-state index in [1.807, 2.05) is 13.0 Å². The highest BCUT2D eigenvalue weighted by Gasteiger charge is 2.24. The fourth-order valence-corrected chi connectivity index (χ4v) is 3.45. The zero-order valence-electron chi connectivity index (χ0n) is 12.9. The van der Waals surface area contributed by atoms with Crippen molar-refractivity contribution in [1.82, 2.24) is 0 Å². The van der Waals surface area contributed by atoms with E-state index in [0.717, 1.165) is 53.9 Å². The lowest BCUT2D eigenvalue weighted by Gasteiger charge is -2.37. The molecular formula is C16H24BrNO3. The molecule has 1 aromatic rings. The molecule has 1 aliphatic rings. The van der Waals surface area contributed by atoms with Crippen LogP contribution in [-0.4, -0.2) is 38.0 Å². The van der Waals surface area contributed by atoms with Gasteiger partial charge in [0.25, 0.3) is 0 Å². The first-order valence-electron chi connectivity index (χ1n) is 7.43. The third kappa shape index (κ3) is 3.77. The average molecular weight is 358 g/mol. The van der Waals surface area contributed by atoms with Crippen molar-refractivity contribution in [3.8, 4) is 0 Å². The molecule has 1 heterocycles. The van der Waals surface area contributed by atoms with Crippen LogP contribution in [0.4, 0.5) is 5.69 Å². The first kappa shape index (κ1) is 16.7. The molecule has 1 saturated heterocycles. The van der Waals surface area contributed by atoms with Gasteiger partial charge in [0.15, 0.2) is 6.29 Å². The van der Waals surface area contributed by atoms with Crippen LogP contribution in [0.3, 0.4) is 0 Å². The van der Waals surface area contributed by atoms with Crippen molar-refractivity contribution in [2.75, 3.05) is 31.8 Å². The largest absolute Gasteiger partial charge is 0.381 e. The van der Waals surface area contributed by atoms with Gasteiger partial charge in [0.2, 0.25) is 0 Å². The molecular weight excluding hydrogens is 334 g/mol. The molecule has 2 rings (SSSR count). The summed E-state index contributed by atoms with van der Waals surface area (Å²) in [4.78, 5) is 2.41. The maximum atomic E-state index is 10.0. The van der Waals surface area contributed by atoms with Crippen LogP contribution < -0.4 is 4.90 Å². The van der Waals surface area contributed by atoms with Crippen molar-refractivity contribution >= 4 is 21.6 Å². The number of benzene rings is 1. The van der Waals surface area contributed by atoms with Crippen LogP contribution in [-0.2, 0) is 9.47 Å². The summed E-state index contributed by atoms with van der Waals surface area (Å²) < 4.78 is 11.5. The Hall–Kier alpha value is -0.620. The fourth-order valence-electron chi connectivity index (χ4n) is 2.99. The molecule has 21 heavy (non-hydrogen) atoms. The van der Waals surface area contributed by atoms with Crippen LogP contribution in [0.1, 0.15) is 37.2 Å². The van der Waals surface area contributed by atoms with Gasteiger partial charge < -0.3 is 19.5 Å². The number of anilines is 1. The Balaban J connectivity index is 2.38. The highest BCUT2D eigenvalue weighted by atomic mass is 79.9. The number of methoxy groups -OCH3 is 1. The Morgan fingerprint density at radius 2 is 2.10 bits per heavy atom. The average Bonchev–Trinajstić information content (AvgIpc) is 2.51. The van der Waals surface area contributed by atoms with E-state index in [0.29, 0.717) is 6.04 Å². The number of nitrogens with zero attached hydrogens (tertiary/aromatic N) is 1. The predicted molar refractivity (Wildman–Crippen MR) is 87.7 cm³/mol. The van der Waals surface area contributed by atoms with Gasteiger partial charge in [-0.25, -0.2) is 0 Å². The van der Waals surface area contributed by atoms with Crippen LogP contribution in [0.15, 0.2) is 16.6 Å². The second-order valence-electron chi connectivity index (χ2n) is 5.36. The fraction of sp³-hybridized carbons (Fsp3) is 0.625. The maximum absolute atomic E-state index is 10.0. The molecule has 1 aliphatic heterocycles. The number of aliphatic hydroxyl groups is 1. The maximum Gasteiger partial charge on any atom is 0.181 e. The minimum atomic E-state index is -0.894. The third-order valence-corrected chi connectivity index (χ3v) is 4.61. The topological polar surface area (TPSA) is 41.9 Å². The van der Waals surface area contributed by atoms with Gasteiger partial charge in [0, 0.05) is 48.6 Å². The number of ether oxygens (including phenoxy) is 2. The van der Waals surface area contributed by atoms with Gasteiger partial charge in [-0.05, 0) is 44.4 Å². The van der Waals surface area contributed by atoms with Gasteiger partial charge in [-0.15, -0.1) is 0 Å². The van der Waals surface area contributed by atoms with E-state index in [9.17, 15) is 5.11 Å². The molecule has 1 atom stereocenters. The molecule has 1 N–H and O–H groups in total. The van der Waals surface area contributed by atoms with Gasteiger partial charge in [0.1, 0.15) is 0 Å². The molecule has 0 bridgehead atoms. The standard InChI is InChI=1S/C16H24BrNO3/c1-4-18(13-5-7-21-8-6-13)15-10-12(17)9-14(11(15)2)16(19)20-3/h9-10,13,16,19H,4-8H2,1-3H3. The second kappa shape index (κ2) is 7.58. The van der Waals surface area contributed by atoms with E-state index in [1.54, 1.807) is 0 Å². The molecule has 1 fully saturated rings. The Kier molecular flexibility index (Phi) is 6.05. The molecule has 5 heteroatoms. The lowest BCUT2D eigenvalue weighted by atomic mass is 10.0. The third-order valence-electron chi connectivity index (χ3n) is 4.16. The van der Waals surface area contributed by atoms with E-state index in [4.69, 9.17) is 9.47 Å². The van der Waals surface area contributed by atoms with Crippen LogP contribution >= 0.6 is 15.9 Å². The molecule has 0 aliphatic carbocycles. The van der Waals surface area contributed by atoms with Crippen molar-refractivity contribution < 1.29 is 14.6 Å². The van der Waals surface area contributed by atoms with Crippen LogP contribution in [0.2, 0.25) is 0 Å². The summed E-state index contributed by atoms with van der Waals surface area (Å²) in [7, 11) is 1.51. The number of aliphatic hydroxyl groups excluding tert-OH is 1. The van der Waals surface area contributed by atoms with E-state index in [-0.39, 0.29) is 0 Å². The molecule has 0 radical (unpaired) electrons. The zero-order chi connectivity index (χ0) is 15.4. The molecule has 0 saturated carbocycles. The van der Waals surface area contributed by atoms with E-state index >= 15 is 0 Å². The summed E-state index contributed by atoms with van der Waals surface area (Å²) in [5.41, 5.74) is 3.04. The summed E-state index contributed by atoms with van der Waals surface area (Å²) in [5.74, 6) is 0. The monoisotopic (exact) mass is 357 g/mol. The van der Waals surface area contributed by atoms with Crippen molar-refractivity contribution in [1.29, 1.82) is 0 Å². The zero-order valence-corrected chi connectivity index (χ0v) is 14.5. The first-order valence-corrected chi connectivity index (χ1v) is 8.23. The van der Waals surface area contributed by atoms with Gasteiger partial charge in [-0.1, -0.05) is 15.9 Å². The van der Waals surface area contributed by atoms with Gasteiger partial charge in [-0.3, -0.25) is 0 Å². The number of rotatable bonds is 5.